The summed E-state index contributed by atoms with van der Waals surface area (Å²) in [4.78, 5) is 0. The van der Waals surface area contributed by atoms with Gasteiger partial charge in [0, 0.05) is 6.42 Å². The zero-order valence-electron chi connectivity index (χ0n) is 16.1. The van der Waals surface area contributed by atoms with Crippen LogP contribution in [0.1, 0.15) is 50.7 Å². The Kier molecular flexibility index (Phi) is 4.37. The Balaban J connectivity index is 1.93. The summed E-state index contributed by atoms with van der Waals surface area (Å²) in [6.07, 6.45) is 2.56. The van der Waals surface area contributed by atoms with E-state index in [0.29, 0.717) is 24.3 Å². The third-order valence-corrected chi connectivity index (χ3v) is 6.87. The fraction of sp³-hybridized carbons (Fsp3) is 0.545. The first kappa shape index (κ1) is 19.4. The van der Waals surface area contributed by atoms with Crippen molar-refractivity contribution in [2.24, 2.45) is 22.7 Å². The second kappa shape index (κ2) is 6.55. The molecule has 6 nitrogen and oxygen atoms in total. The molecule has 1 N–H and O–H groups in total. The number of nitrogens with one attached hydrogen (secondary N) is 1. The Morgan fingerprint density at radius 1 is 1.24 bits per heavy atom. The van der Waals surface area contributed by atoms with Gasteiger partial charge in [-0.05, 0) is 36.5 Å². The average Bonchev–Trinajstić information content (AvgIpc) is 2.92. The molecule has 148 valence electrons. The minimum Gasteiger partial charge on any atom is -0.447 e. The number of rotatable bonds is 3. The van der Waals surface area contributed by atoms with E-state index in [9.17, 15) is 20.2 Å². The molecule has 2 heterocycles. The molecule has 0 aromatic heterocycles. The van der Waals surface area contributed by atoms with Crippen molar-refractivity contribution in [2.45, 2.75) is 50.9 Å². The second-order valence-electron chi connectivity index (χ2n) is 8.23. The Morgan fingerprint density at radius 2 is 2.00 bits per heavy atom. The second-order valence-corrected chi connectivity index (χ2v) is 8.23. The average molecular weight is 392 g/mol. The van der Waals surface area contributed by atoms with Crippen LogP contribution in [0.4, 0.5) is 4.39 Å². The highest BCUT2D eigenvalue weighted by Crippen LogP contribution is 2.70. The van der Waals surface area contributed by atoms with Gasteiger partial charge in [0.05, 0.1) is 24.1 Å². The highest BCUT2D eigenvalue weighted by Gasteiger charge is 2.80. The van der Waals surface area contributed by atoms with Gasteiger partial charge in [-0.25, -0.2) is 4.39 Å². The normalized spacial score (nSPS) is 36.8. The molecule has 3 fully saturated rings. The highest BCUT2D eigenvalue weighted by atomic mass is 19.1. The first-order valence-corrected chi connectivity index (χ1v) is 9.88. The summed E-state index contributed by atoms with van der Waals surface area (Å²) in [6.45, 7) is 2.09. The van der Waals surface area contributed by atoms with Crippen molar-refractivity contribution >= 4 is 5.90 Å². The molecular formula is C22H21FN4O2. The van der Waals surface area contributed by atoms with Gasteiger partial charge in [-0.15, -0.1) is 0 Å². The lowest BCUT2D eigenvalue weighted by Crippen LogP contribution is -2.61. The van der Waals surface area contributed by atoms with Gasteiger partial charge in [0.1, 0.15) is 11.9 Å². The van der Waals surface area contributed by atoms with Gasteiger partial charge in [0.15, 0.2) is 5.41 Å². The van der Waals surface area contributed by atoms with Crippen LogP contribution in [0, 0.1) is 67.9 Å². The van der Waals surface area contributed by atoms with Gasteiger partial charge in [0.2, 0.25) is 17.1 Å². The van der Waals surface area contributed by atoms with Crippen LogP contribution in [-0.2, 0) is 9.47 Å². The molecule has 0 spiro atoms. The Hall–Kier alpha value is -2.95. The molecule has 2 bridgehead atoms. The Labute approximate surface area is 169 Å². The standard InChI is InChI=1S/C22H21FN4O2/c1-2-4-14-7-8-22-17(9-14)21(13-26,19(27)29-22)20(11-24,12-25)18(28-22)15-5-3-6-16(23)10-15/h3,5-6,10,14,17-18,27H,2,4,7-9H2,1H3. The quantitative estimate of drug-likeness (QED) is 0.821. The molecule has 7 heteroatoms. The molecule has 1 aromatic carbocycles. The number of nitriles is 3. The topological polar surface area (TPSA) is 114 Å². The third-order valence-electron chi connectivity index (χ3n) is 6.87. The summed E-state index contributed by atoms with van der Waals surface area (Å²) in [6, 6.07) is 11.7. The molecule has 3 aliphatic rings. The van der Waals surface area contributed by atoms with Crippen LogP contribution in [0.25, 0.3) is 0 Å². The van der Waals surface area contributed by atoms with Crippen molar-refractivity contribution in [1.29, 1.82) is 21.2 Å². The lowest BCUT2D eigenvalue weighted by Gasteiger charge is -2.52. The van der Waals surface area contributed by atoms with Crippen molar-refractivity contribution < 1.29 is 13.9 Å². The van der Waals surface area contributed by atoms with Gasteiger partial charge < -0.3 is 9.47 Å². The SMILES string of the molecule is CCCC1CCC23OC(=N)C(C#N)(C2C1)C(C#N)(C#N)C(c1cccc(F)c1)O3. The number of halogens is 1. The summed E-state index contributed by atoms with van der Waals surface area (Å²) in [5.41, 5.74) is -3.50. The van der Waals surface area contributed by atoms with Crippen LogP contribution in [0.15, 0.2) is 24.3 Å². The van der Waals surface area contributed by atoms with E-state index in [1.165, 1.54) is 18.2 Å². The zero-order valence-corrected chi connectivity index (χ0v) is 16.1. The number of hydrogen-bond donors (Lipinski definition) is 1. The molecule has 2 saturated heterocycles. The molecule has 5 atom stereocenters. The van der Waals surface area contributed by atoms with Crippen molar-refractivity contribution in [1.82, 2.24) is 0 Å². The first-order valence-electron chi connectivity index (χ1n) is 9.88. The molecule has 0 radical (unpaired) electrons. The molecule has 1 saturated carbocycles. The first-order chi connectivity index (χ1) is 13.9. The zero-order chi connectivity index (χ0) is 20.9. The van der Waals surface area contributed by atoms with E-state index in [-0.39, 0.29) is 5.90 Å². The summed E-state index contributed by atoms with van der Waals surface area (Å²) in [5, 5.41) is 39.2. The maximum Gasteiger partial charge on any atom is 0.217 e. The predicted molar refractivity (Wildman–Crippen MR) is 99.2 cm³/mol. The van der Waals surface area contributed by atoms with E-state index in [1.807, 2.05) is 12.1 Å². The molecule has 1 aromatic rings. The molecule has 5 unspecified atom stereocenters. The fourth-order valence-electron chi connectivity index (χ4n) is 5.56. The van der Waals surface area contributed by atoms with Crippen LogP contribution in [0.3, 0.4) is 0 Å². The van der Waals surface area contributed by atoms with Gasteiger partial charge in [-0.2, -0.15) is 15.8 Å². The number of ether oxygens (including phenoxy) is 2. The molecule has 29 heavy (non-hydrogen) atoms. The van der Waals surface area contributed by atoms with E-state index in [1.54, 1.807) is 6.07 Å². The largest absolute Gasteiger partial charge is 0.447 e. The summed E-state index contributed by atoms with van der Waals surface area (Å²) >= 11 is 0. The molecule has 2 aliphatic heterocycles. The van der Waals surface area contributed by atoms with Gasteiger partial charge in [-0.3, -0.25) is 5.41 Å². The summed E-state index contributed by atoms with van der Waals surface area (Å²) in [5.74, 6) is -2.45. The minimum atomic E-state index is -2.02. The highest BCUT2D eigenvalue weighted by molar-refractivity contribution is 5.89. The lowest BCUT2D eigenvalue weighted by molar-refractivity contribution is -0.299. The smallest absolute Gasteiger partial charge is 0.217 e. The van der Waals surface area contributed by atoms with Crippen LogP contribution in [0.2, 0.25) is 0 Å². The monoisotopic (exact) mass is 392 g/mol. The van der Waals surface area contributed by atoms with E-state index < -0.39 is 34.5 Å². The molecule has 0 amide bonds. The summed E-state index contributed by atoms with van der Waals surface area (Å²) in [7, 11) is 0. The van der Waals surface area contributed by atoms with Crippen LogP contribution < -0.4 is 0 Å². The van der Waals surface area contributed by atoms with E-state index in [2.05, 4.69) is 13.0 Å². The van der Waals surface area contributed by atoms with Gasteiger partial charge in [0.25, 0.3) is 0 Å². The van der Waals surface area contributed by atoms with Crippen LogP contribution in [-0.4, -0.2) is 11.7 Å². The fourth-order valence-corrected chi connectivity index (χ4v) is 5.56. The predicted octanol–water partition coefficient (Wildman–Crippen LogP) is 4.36. The molecular weight excluding hydrogens is 371 g/mol. The van der Waals surface area contributed by atoms with Crippen LogP contribution in [0.5, 0.6) is 0 Å². The third kappa shape index (κ3) is 2.30. The van der Waals surface area contributed by atoms with Crippen LogP contribution >= 0.6 is 0 Å². The number of nitrogens with zero attached hydrogens (tertiary/aromatic N) is 3. The lowest BCUT2D eigenvalue weighted by atomic mass is 9.50. The summed E-state index contributed by atoms with van der Waals surface area (Å²) < 4.78 is 26.1. The maximum atomic E-state index is 14.0. The Bertz CT molecular complexity index is 976. The number of hydrogen-bond acceptors (Lipinski definition) is 6. The van der Waals surface area contributed by atoms with Gasteiger partial charge >= 0.3 is 0 Å². The van der Waals surface area contributed by atoms with Gasteiger partial charge in [-0.1, -0.05) is 31.9 Å². The van der Waals surface area contributed by atoms with Crippen molar-refractivity contribution in [3.05, 3.63) is 35.6 Å². The van der Waals surface area contributed by atoms with E-state index in [4.69, 9.17) is 14.9 Å². The van der Waals surface area contributed by atoms with Crippen molar-refractivity contribution in [3.63, 3.8) is 0 Å². The van der Waals surface area contributed by atoms with E-state index >= 15 is 0 Å². The minimum absolute atomic E-state index is 0.291. The van der Waals surface area contributed by atoms with Crippen molar-refractivity contribution in [3.8, 4) is 18.2 Å². The van der Waals surface area contributed by atoms with E-state index in [0.717, 1.165) is 19.3 Å². The number of benzene rings is 1. The van der Waals surface area contributed by atoms with Crippen molar-refractivity contribution in [2.75, 3.05) is 0 Å². The Morgan fingerprint density at radius 3 is 2.62 bits per heavy atom. The molecule has 1 aliphatic carbocycles. The maximum absolute atomic E-state index is 14.0. The molecule has 4 rings (SSSR count).